The van der Waals surface area contributed by atoms with E-state index in [-0.39, 0.29) is 11.4 Å². The second-order valence-electron chi connectivity index (χ2n) is 13.5. The molecule has 0 spiro atoms. The lowest BCUT2D eigenvalue weighted by Gasteiger charge is -2.54. The predicted molar refractivity (Wildman–Crippen MR) is 164 cm³/mol. The number of aromatic nitrogens is 2. The summed E-state index contributed by atoms with van der Waals surface area (Å²) in [6.45, 7) is 15.1. The van der Waals surface area contributed by atoms with Crippen molar-refractivity contribution in [3.63, 3.8) is 0 Å². The fourth-order valence-electron chi connectivity index (χ4n) is 7.85. The van der Waals surface area contributed by atoms with Gasteiger partial charge in [-0.3, -0.25) is 19.4 Å². The largest absolute Gasteiger partial charge is 0.342 e. The van der Waals surface area contributed by atoms with E-state index in [0.717, 1.165) is 95.7 Å². The van der Waals surface area contributed by atoms with Crippen molar-refractivity contribution in [2.75, 3.05) is 45.8 Å². The van der Waals surface area contributed by atoms with E-state index in [1.807, 2.05) is 18.7 Å². The summed E-state index contributed by atoms with van der Waals surface area (Å²) in [5, 5.41) is 0. The molecular weight excluding hydrogens is 524 g/mol. The molecule has 1 saturated carbocycles. The quantitative estimate of drug-likeness (QED) is 0.508. The summed E-state index contributed by atoms with van der Waals surface area (Å²) in [6.07, 6.45) is 7.83. The lowest BCUT2D eigenvalue weighted by atomic mass is 9.82. The Labute approximate surface area is 251 Å². The fourth-order valence-corrected chi connectivity index (χ4v) is 7.85. The van der Waals surface area contributed by atoms with E-state index in [0.29, 0.717) is 35.4 Å². The van der Waals surface area contributed by atoms with Gasteiger partial charge in [-0.1, -0.05) is 30.3 Å². The maximum atomic E-state index is 13.4. The smallest absolute Gasteiger partial charge is 0.257 e. The number of amides is 2. The number of aryl methyl sites for hydroxylation is 2. The van der Waals surface area contributed by atoms with Crippen molar-refractivity contribution in [1.82, 2.24) is 29.6 Å². The van der Waals surface area contributed by atoms with Gasteiger partial charge >= 0.3 is 0 Å². The van der Waals surface area contributed by atoms with Crippen LogP contribution in [0.3, 0.4) is 0 Å². The Kier molecular flexibility index (Phi) is 8.38. The van der Waals surface area contributed by atoms with Crippen LogP contribution in [-0.2, 0) is 4.79 Å². The van der Waals surface area contributed by atoms with E-state index in [4.69, 9.17) is 0 Å². The molecule has 8 heteroatoms. The Balaban J connectivity index is 1.10. The molecule has 6 rings (SSSR count). The van der Waals surface area contributed by atoms with Crippen LogP contribution in [0.1, 0.15) is 85.7 Å². The molecule has 0 unspecified atom stereocenters. The standard InChI is InChI=1S/C34H48N6O2/c1-24-22-39(34(4)14-18-38(19-15-34)33(42)30-25(2)35-23-36-26(30)3)20-21-40(24)31(27-8-6-5-7-9-27)28-12-16-37(17-13-28)32(41)29-10-11-29/h5-9,23-24,28-29,31H,10-22H2,1-4H3/t24-,31-/m0/s1. The van der Waals surface area contributed by atoms with E-state index >= 15 is 0 Å². The molecule has 2 aromatic rings. The topological polar surface area (TPSA) is 72.9 Å². The van der Waals surface area contributed by atoms with Gasteiger partial charge in [-0.2, -0.15) is 0 Å². The first-order valence-electron chi connectivity index (χ1n) is 16.2. The Hall–Kier alpha value is -2.84. The molecule has 1 aromatic carbocycles. The number of hydrogen-bond acceptors (Lipinski definition) is 6. The summed E-state index contributed by atoms with van der Waals surface area (Å²) in [5.74, 6) is 1.34. The average molecular weight is 573 g/mol. The first kappa shape index (κ1) is 29.2. The summed E-state index contributed by atoms with van der Waals surface area (Å²) in [5.41, 5.74) is 3.69. The van der Waals surface area contributed by atoms with Crippen molar-refractivity contribution in [1.29, 1.82) is 0 Å². The van der Waals surface area contributed by atoms with Crippen molar-refractivity contribution in [2.45, 2.75) is 83.8 Å². The third kappa shape index (κ3) is 5.85. The molecule has 1 aliphatic carbocycles. The van der Waals surface area contributed by atoms with Crippen molar-refractivity contribution < 1.29 is 9.59 Å². The van der Waals surface area contributed by atoms with Crippen LogP contribution in [0.4, 0.5) is 0 Å². The van der Waals surface area contributed by atoms with Crippen molar-refractivity contribution in [3.8, 4) is 0 Å². The summed E-state index contributed by atoms with van der Waals surface area (Å²) >= 11 is 0. The second kappa shape index (κ2) is 12.0. The molecule has 0 radical (unpaired) electrons. The first-order chi connectivity index (χ1) is 20.2. The monoisotopic (exact) mass is 572 g/mol. The minimum absolute atomic E-state index is 0.0708. The predicted octanol–water partition coefficient (Wildman–Crippen LogP) is 4.48. The molecule has 2 atom stereocenters. The number of piperazine rings is 1. The van der Waals surface area contributed by atoms with Gasteiger partial charge < -0.3 is 9.80 Å². The molecule has 4 aliphatic rings. The third-order valence-corrected chi connectivity index (χ3v) is 10.7. The van der Waals surface area contributed by atoms with E-state index in [1.165, 1.54) is 11.9 Å². The number of carbonyl (C=O) groups is 2. The van der Waals surface area contributed by atoms with Gasteiger partial charge in [0.1, 0.15) is 6.33 Å². The van der Waals surface area contributed by atoms with E-state index in [9.17, 15) is 9.59 Å². The lowest BCUT2D eigenvalue weighted by Crippen LogP contribution is -2.63. The average Bonchev–Trinajstić information content (AvgIpc) is 3.85. The number of hydrogen-bond donors (Lipinski definition) is 0. The Morgan fingerprint density at radius 2 is 1.50 bits per heavy atom. The summed E-state index contributed by atoms with van der Waals surface area (Å²) < 4.78 is 0. The molecule has 8 nitrogen and oxygen atoms in total. The maximum Gasteiger partial charge on any atom is 0.257 e. The van der Waals surface area contributed by atoms with Gasteiger partial charge in [0.25, 0.3) is 5.91 Å². The highest BCUT2D eigenvalue weighted by molar-refractivity contribution is 5.96. The first-order valence-corrected chi connectivity index (χ1v) is 16.2. The van der Waals surface area contributed by atoms with Crippen LogP contribution in [-0.4, -0.2) is 98.8 Å². The van der Waals surface area contributed by atoms with Crippen LogP contribution in [0, 0.1) is 25.7 Å². The Bertz CT molecular complexity index is 1240. The molecule has 4 fully saturated rings. The van der Waals surface area contributed by atoms with Crippen LogP contribution in [0.5, 0.6) is 0 Å². The number of rotatable bonds is 6. The van der Waals surface area contributed by atoms with Crippen LogP contribution in [0.15, 0.2) is 36.7 Å². The molecule has 0 N–H and O–H groups in total. The van der Waals surface area contributed by atoms with Gasteiger partial charge in [0.05, 0.1) is 17.0 Å². The van der Waals surface area contributed by atoms with Gasteiger partial charge in [0.15, 0.2) is 0 Å². The van der Waals surface area contributed by atoms with Gasteiger partial charge in [0.2, 0.25) is 5.91 Å². The normalized spacial score (nSPS) is 24.9. The van der Waals surface area contributed by atoms with Gasteiger partial charge in [0, 0.05) is 69.4 Å². The highest BCUT2D eigenvalue weighted by atomic mass is 16.2. The molecule has 3 saturated heterocycles. The van der Waals surface area contributed by atoms with E-state index in [2.05, 4.69) is 68.8 Å². The number of nitrogens with zero attached hydrogens (tertiary/aromatic N) is 6. The zero-order chi connectivity index (χ0) is 29.4. The van der Waals surface area contributed by atoms with Crippen molar-refractivity contribution in [2.24, 2.45) is 11.8 Å². The van der Waals surface area contributed by atoms with Gasteiger partial charge in [-0.05, 0) is 77.7 Å². The van der Waals surface area contributed by atoms with Gasteiger partial charge in [-0.25, -0.2) is 9.97 Å². The molecule has 42 heavy (non-hydrogen) atoms. The second-order valence-corrected chi connectivity index (χ2v) is 13.5. The third-order valence-electron chi connectivity index (χ3n) is 10.7. The summed E-state index contributed by atoms with van der Waals surface area (Å²) in [4.78, 5) is 44.3. The zero-order valence-electron chi connectivity index (χ0n) is 26.0. The minimum Gasteiger partial charge on any atom is -0.342 e. The molecule has 2 amide bonds. The number of benzene rings is 1. The number of piperidine rings is 2. The number of carbonyl (C=O) groups excluding carboxylic acids is 2. The Morgan fingerprint density at radius 1 is 0.857 bits per heavy atom. The van der Waals surface area contributed by atoms with Crippen LogP contribution >= 0.6 is 0 Å². The minimum atomic E-state index is 0.0708. The SMILES string of the molecule is Cc1ncnc(C)c1C(=O)N1CCC(C)(N2CCN([C@@H](c3ccccc3)C3CCN(C(=O)C4CC4)CC3)[C@@H](C)C2)CC1. The lowest BCUT2D eigenvalue weighted by molar-refractivity contribution is -0.134. The van der Waals surface area contributed by atoms with Crippen LogP contribution in [0.25, 0.3) is 0 Å². The van der Waals surface area contributed by atoms with Gasteiger partial charge in [-0.15, -0.1) is 0 Å². The summed E-state index contributed by atoms with van der Waals surface area (Å²) in [6, 6.07) is 11.9. The Morgan fingerprint density at radius 3 is 2.10 bits per heavy atom. The zero-order valence-corrected chi connectivity index (χ0v) is 26.0. The molecule has 4 heterocycles. The van der Waals surface area contributed by atoms with Crippen molar-refractivity contribution in [3.05, 3.63) is 59.2 Å². The molecular formula is C34H48N6O2. The summed E-state index contributed by atoms with van der Waals surface area (Å²) in [7, 11) is 0. The van der Waals surface area contributed by atoms with E-state index in [1.54, 1.807) is 0 Å². The van der Waals surface area contributed by atoms with E-state index < -0.39 is 0 Å². The van der Waals surface area contributed by atoms with Crippen LogP contribution < -0.4 is 0 Å². The van der Waals surface area contributed by atoms with Crippen LogP contribution in [0.2, 0.25) is 0 Å². The fraction of sp³-hybridized carbons (Fsp3) is 0.647. The van der Waals surface area contributed by atoms with Crippen molar-refractivity contribution >= 4 is 11.8 Å². The number of likely N-dealkylation sites (tertiary alicyclic amines) is 2. The molecule has 0 bridgehead atoms. The molecule has 3 aliphatic heterocycles. The highest BCUT2D eigenvalue weighted by Gasteiger charge is 2.43. The highest BCUT2D eigenvalue weighted by Crippen LogP contribution is 2.40. The molecule has 1 aromatic heterocycles. The maximum absolute atomic E-state index is 13.4. The molecule has 226 valence electrons.